The molecule has 12 heavy (non-hydrogen) atoms. The zero-order valence-corrected chi connectivity index (χ0v) is 7.72. The van der Waals surface area contributed by atoms with Gasteiger partial charge in [-0.05, 0) is 30.6 Å². The lowest BCUT2D eigenvalue weighted by Gasteiger charge is -2.39. The van der Waals surface area contributed by atoms with Gasteiger partial charge in [-0.25, -0.2) is 0 Å². The van der Waals surface area contributed by atoms with Gasteiger partial charge in [0, 0.05) is 11.7 Å². The summed E-state index contributed by atoms with van der Waals surface area (Å²) in [5, 5.41) is 0.471. The van der Waals surface area contributed by atoms with E-state index in [1.807, 2.05) is 0 Å². The van der Waals surface area contributed by atoms with Gasteiger partial charge in [-0.15, -0.1) is 0 Å². The molecule has 0 radical (unpaired) electrons. The first-order valence-electron chi connectivity index (χ1n) is 4.71. The molecule has 4 rings (SSSR count). The Bertz CT molecular complexity index is 259. The van der Waals surface area contributed by atoms with Gasteiger partial charge >= 0.3 is 0 Å². The van der Waals surface area contributed by atoms with Crippen molar-refractivity contribution < 1.29 is 4.79 Å². The Labute approximate surface area is 76.6 Å². The van der Waals surface area contributed by atoms with E-state index in [0.717, 1.165) is 11.7 Å². The van der Waals surface area contributed by atoms with Gasteiger partial charge in [0.15, 0.2) is 5.12 Å². The molecule has 0 aromatic carbocycles. The summed E-state index contributed by atoms with van der Waals surface area (Å²) in [5.41, 5.74) is 0. The lowest BCUT2D eigenvalue weighted by molar-refractivity contribution is -0.117. The Morgan fingerprint density at radius 1 is 1.25 bits per heavy atom. The molecule has 0 amide bonds. The zero-order valence-electron chi connectivity index (χ0n) is 6.90. The van der Waals surface area contributed by atoms with Crippen LogP contribution < -0.4 is 0 Å². The summed E-state index contributed by atoms with van der Waals surface area (Å²) < 4.78 is 0. The first kappa shape index (κ1) is 7.19. The Morgan fingerprint density at radius 2 is 2.00 bits per heavy atom. The van der Waals surface area contributed by atoms with Crippen molar-refractivity contribution in [3.63, 3.8) is 0 Å². The topological polar surface area (TPSA) is 17.1 Å². The fourth-order valence-corrected chi connectivity index (χ4v) is 4.31. The van der Waals surface area contributed by atoms with Gasteiger partial charge in [0.05, 0.1) is 0 Å². The fourth-order valence-electron chi connectivity index (χ4n) is 2.95. The molecule has 4 unspecified atom stereocenters. The number of fused-ring (bicyclic) bond motifs is 1. The highest BCUT2D eigenvalue weighted by Crippen LogP contribution is 2.51. The second-order valence-corrected chi connectivity index (χ2v) is 5.13. The van der Waals surface area contributed by atoms with Crippen molar-refractivity contribution in [3.8, 4) is 0 Å². The molecule has 0 aromatic rings. The number of hydrogen-bond donors (Lipinski definition) is 0. The number of thioether (sulfide) groups is 1. The van der Waals surface area contributed by atoms with Crippen LogP contribution in [0.1, 0.15) is 12.8 Å². The molecule has 1 nitrogen and oxygen atoms in total. The first-order chi connectivity index (χ1) is 5.86. The van der Waals surface area contributed by atoms with Crippen molar-refractivity contribution in [2.24, 2.45) is 23.7 Å². The van der Waals surface area contributed by atoms with Crippen molar-refractivity contribution in [2.45, 2.75) is 12.8 Å². The Kier molecular flexibility index (Phi) is 1.43. The van der Waals surface area contributed by atoms with Crippen LogP contribution in [0.2, 0.25) is 0 Å². The van der Waals surface area contributed by atoms with Crippen molar-refractivity contribution in [2.75, 3.05) is 5.75 Å². The molecule has 2 heteroatoms. The minimum absolute atomic E-state index is 0.402. The molecular weight excluding hydrogens is 168 g/mol. The number of allylic oxidation sites excluding steroid dienone is 2. The first-order valence-corrected chi connectivity index (χ1v) is 5.70. The fraction of sp³-hybridized carbons (Fsp3) is 0.700. The van der Waals surface area contributed by atoms with Gasteiger partial charge in [0.25, 0.3) is 0 Å². The summed E-state index contributed by atoms with van der Waals surface area (Å²) in [6.07, 6.45) is 7.23. The predicted octanol–water partition coefficient (Wildman–Crippen LogP) is 2.09. The number of carbonyl (C=O) groups is 1. The van der Waals surface area contributed by atoms with Crippen molar-refractivity contribution in [1.29, 1.82) is 0 Å². The molecule has 3 aliphatic carbocycles. The quantitative estimate of drug-likeness (QED) is 0.531. The third-order valence-corrected chi connectivity index (χ3v) is 4.71. The third-order valence-electron chi connectivity index (χ3n) is 3.60. The smallest absolute Gasteiger partial charge is 0.192 e. The summed E-state index contributed by atoms with van der Waals surface area (Å²) in [4.78, 5) is 11.5. The Balaban J connectivity index is 2.01. The third kappa shape index (κ3) is 0.792. The van der Waals surface area contributed by atoms with E-state index in [1.54, 1.807) is 11.8 Å². The summed E-state index contributed by atoms with van der Waals surface area (Å²) in [7, 11) is 0. The standard InChI is InChI=1S/C10H12OS/c11-10-9-7-3-1-6(2-4-7)8(9)5-12-10/h1,3,6-9H,2,4-5H2. The predicted molar refractivity (Wildman–Crippen MR) is 49.8 cm³/mol. The van der Waals surface area contributed by atoms with E-state index in [0.29, 0.717) is 22.9 Å². The van der Waals surface area contributed by atoms with E-state index in [2.05, 4.69) is 12.2 Å². The summed E-state index contributed by atoms with van der Waals surface area (Å²) >= 11 is 1.57. The maximum atomic E-state index is 11.5. The van der Waals surface area contributed by atoms with Gasteiger partial charge in [-0.1, -0.05) is 23.9 Å². The monoisotopic (exact) mass is 180 g/mol. The van der Waals surface area contributed by atoms with Crippen LogP contribution in [-0.4, -0.2) is 10.9 Å². The lowest BCUT2D eigenvalue weighted by atomic mass is 9.63. The molecule has 1 saturated heterocycles. The van der Waals surface area contributed by atoms with E-state index < -0.39 is 0 Å². The molecule has 0 aromatic heterocycles. The van der Waals surface area contributed by atoms with Gasteiger partial charge in [0.1, 0.15) is 0 Å². The summed E-state index contributed by atoms with van der Waals surface area (Å²) in [6, 6.07) is 0. The zero-order chi connectivity index (χ0) is 8.13. The maximum Gasteiger partial charge on any atom is 0.192 e. The maximum absolute atomic E-state index is 11.5. The van der Waals surface area contributed by atoms with Crippen LogP contribution in [0.3, 0.4) is 0 Å². The van der Waals surface area contributed by atoms with E-state index in [9.17, 15) is 4.79 Å². The molecule has 0 spiro atoms. The van der Waals surface area contributed by atoms with Gasteiger partial charge < -0.3 is 0 Å². The van der Waals surface area contributed by atoms with Gasteiger partial charge in [0.2, 0.25) is 0 Å². The second kappa shape index (κ2) is 2.38. The van der Waals surface area contributed by atoms with E-state index >= 15 is 0 Å². The van der Waals surface area contributed by atoms with Crippen LogP contribution in [0.15, 0.2) is 12.2 Å². The molecule has 1 heterocycles. The lowest BCUT2D eigenvalue weighted by Crippen LogP contribution is -2.37. The molecule has 4 atom stereocenters. The van der Waals surface area contributed by atoms with Crippen molar-refractivity contribution in [1.82, 2.24) is 0 Å². The summed E-state index contributed by atoms with van der Waals surface area (Å²) in [5.74, 6) is 3.53. The minimum atomic E-state index is 0.402. The van der Waals surface area contributed by atoms with Crippen molar-refractivity contribution >= 4 is 16.9 Å². The SMILES string of the molecule is O=C1SCC2C3C=CC(CC3)C12. The Morgan fingerprint density at radius 3 is 2.67 bits per heavy atom. The number of hydrogen-bond acceptors (Lipinski definition) is 2. The van der Waals surface area contributed by atoms with Crippen LogP contribution in [0.5, 0.6) is 0 Å². The molecule has 2 bridgehead atoms. The van der Waals surface area contributed by atoms with Crippen LogP contribution >= 0.6 is 11.8 Å². The van der Waals surface area contributed by atoms with Crippen LogP contribution in [0.25, 0.3) is 0 Å². The van der Waals surface area contributed by atoms with E-state index in [4.69, 9.17) is 0 Å². The van der Waals surface area contributed by atoms with Crippen LogP contribution in [-0.2, 0) is 4.79 Å². The van der Waals surface area contributed by atoms with Gasteiger partial charge in [-0.2, -0.15) is 0 Å². The average molecular weight is 180 g/mol. The molecular formula is C10H12OS. The highest BCUT2D eigenvalue weighted by molar-refractivity contribution is 8.14. The molecule has 0 N–H and O–H groups in total. The molecule has 1 aliphatic heterocycles. The number of rotatable bonds is 0. The molecule has 1 saturated carbocycles. The van der Waals surface area contributed by atoms with Crippen molar-refractivity contribution in [3.05, 3.63) is 12.2 Å². The normalized spacial score (nSPS) is 49.8. The molecule has 2 fully saturated rings. The van der Waals surface area contributed by atoms with E-state index in [1.165, 1.54) is 12.8 Å². The van der Waals surface area contributed by atoms with Crippen LogP contribution in [0.4, 0.5) is 0 Å². The number of carbonyl (C=O) groups excluding carboxylic acids is 1. The highest BCUT2D eigenvalue weighted by Gasteiger charge is 2.48. The second-order valence-electron chi connectivity index (χ2n) is 4.11. The van der Waals surface area contributed by atoms with Crippen LogP contribution in [0, 0.1) is 23.7 Å². The highest BCUT2D eigenvalue weighted by atomic mass is 32.2. The molecule has 64 valence electrons. The van der Waals surface area contributed by atoms with Gasteiger partial charge in [-0.3, -0.25) is 4.79 Å². The largest absolute Gasteiger partial charge is 0.287 e. The van der Waals surface area contributed by atoms with E-state index in [-0.39, 0.29) is 0 Å². The summed E-state index contributed by atoms with van der Waals surface area (Å²) in [6.45, 7) is 0. The minimum Gasteiger partial charge on any atom is -0.287 e. The molecule has 4 aliphatic rings. The Hall–Kier alpha value is -0.240. The average Bonchev–Trinajstić information content (AvgIpc) is 2.53.